The molecule has 1 fully saturated rings. The van der Waals surface area contributed by atoms with Crippen LogP contribution in [0.25, 0.3) is 0 Å². The van der Waals surface area contributed by atoms with Gasteiger partial charge in [-0.15, -0.1) is 0 Å². The van der Waals surface area contributed by atoms with Crippen LogP contribution in [0.1, 0.15) is 41.9 Å². The fourth-order valence-corrected chi connectivity index (χ4v) is 3.56. The van der Waals surface area contributed by atoms with Crippen LogP contribution >= 0.6 is 0 Å². The van der Waals surface area contributed by atoms with Crippen molar-refractivity contribution in [3.8, 4) is 0 Å². The third-order valence-electron chi connectivity index (χ3n) is 4.76. The molecule has 0 bridgehead atoms. The van der Waals surface area contributed by atoms with Crippen LogP contribution in [0.15, 0.2) is 6.07 Å². The van der Waals surface area contributed by atoms with Crippen LogP contribution in [0.2, 0.25) is 0 Å². The summed E-state index contributed by atoms with van der Waals surface area (Å²) in [5.41, 5.74) is 1.31. The molecule has 3 N–H and O–H groups in total. The molecule has 0 atom stereocenters. The fourth-order valence-electron chi connectivity index (χ4n) is 2.99. The van der Waals surface area contributed by atoms with Crippen LogP contribution in [0.5, 0.6) is 0 Å². The highest BCUT2D eigenvalue weighted by atomic mass is 32.2. The largest absolute Gasteiger partial charge is 0.355 e. The first-order valence-corrected chi connectivity index (χ1v) is 10.4. The van der Waals surface area contributed by atoms with Crippen molar-refractivity contribution in [2.45, 2.75) is 38.6 Å². The van der Waals surface area contributed by atoms with E-state index < -0.39 is 10.0 Å². The quantitative estimate of drug-likeness (QED) is 0.594. The maximum absolute atomic E-state index is 12.2. The Kier molecular flexibility index (Phi) is 6.76. The highest BCUT2D eigenvalue weighted by Crippen LogP contribution is 2.24. The summed E-state index contributed by atoms with van der Waals surface area (Å²) in [5.74, 6) is -0.595. The standard InChI is InChI=1S/C16H27N5O4S/c1-11-10-14(20-21(11)3)16(23)19-13-6-4-12(5-7-13)15(22)18-8-9-26(24,25)17-2/h10,12-13,17H,4-9H2,1-3H3,(H,18,22)(H,19,23). The summed E-state index contributed by atoms with van der Waals surface area (Å²) >= 11 is 0. The molecule has 0 aromatic carbocycles. The fraction of sp³-hybridized carbons (Fsp3) is 0.688. The lowest BCUT2D eigenvalue weighted by Gasteiger charge is -2.28. The number of aryl methyl sites for hydroxylation is 2. The lowest BCUT2D eigenvalue weighted by atomic mass is 9.85. The van der Waals surface area contributed by atoms with E-state index in [2.05, 4.69) is 20.5 Å². The second-order valence-corrected chi connectivity index (χ2v) is 8.68. The molecule has 1 heterocycles. The van der Waals surface area contributed by atoms with E-state index in [9.17, 15) is 18.0 Å². The van der Waals surface area contributed by atoms with Crippen LogP contribution < -0.4 is 15.4 Å². The number of rotatable bonds is 7. The monoisotopic (exact) mass is 385 g/mol. The first kappa shape index (κ1) is 20.4. The molecule has 0 saturated heterocycles. The van der Waals surface area contributed by atoms with Crippen molar-refractivity contribution in [2.75, 3.05) is 19.3 Å². The first-order chi connectivity index (χ1) is 12.2. The number of nitrogens with one attached hydrogen (secondary N) is 3. The Balaban J connectivity index is 1.74. The van der Waals surface area contributed by atoms with Gasteiger partial charge in [-0.25, -0.2) is 13.1 Å². The van der Waals surface area contributed by atoms with E-state index >= 15 is 0 Å². The molecule has 2 rings (SSSR count). The van der Waals surface area contributed by atoms with Crippen molar-refractivity contribution in [2.24, 2.45) is 13.0 Å². The Hall–Kier alpha value is -1.94. The van der Waals surface area contributed by atoms with Crippen LogP contribution in [-0.4, -0.2) is 55.4 Å². The summed E-state index contributed by atoms with van der Waals surface area (Å²) in [4.78, 5) is 24.4. The number of sulfonamides is 1. The number of hydrogen-bond donors (Lipinski definition) is 3. The molecule has 146 valence electrons. The van der Waals surface area contributed by atoms with Gasteiger partial charge in [-0.1, -0.05) is 0 Å². The van der Waals surface area contributed by atoms with E-state index in [0.717, 1.165) is 5.69 Å². The summed E-state index contributed by atoms with van der Waals surface area (Å²) in [5, 5.41) is 9.81. The number of carbonyl (C=O) groups excluding carboxylic acids is 2. The van der Waals surface area contributed by atoms with E-state index in [1.807, 2.05) is 6.92 Å². The average Bonchev–Trinajstić information content (AvgIpc) is 2.94. The number of carbonyl (C=O) groups is 2. The molecule has 2 amide bonds. The third kappa shape index (κ3) is 5.53. The summed E-state index contributed by atoms with van der Waals surface area (Å²) < 4.78 is 26.5. The van der Waals surface area contributed by atoms with Gasteiger partial charge in [-0.2, -0.15) is 5.10 Å². The molecule has 0 spiro atoms. The molecule has 0 unspecified atom stereocenters. The zero-order valence-electron chi connectivity index (χ0n) is 15.4. The predicted molar refractivity (Wildman–Crippen MR) is 97.0 cm³/mol. The van der Waals surface area contributed by atoms with Crippen LogP contribution in [-0.2, 0) is 21.9 Å². The summed E-state index contributed by atoms with van der Waals surface area (Å²) in [6, 6.07) is 1.77. The molecule has 1 saturated carbocycles. The second kappa shape index (κ2) is 8.63. The molecule has 10 heteroatoms. The molecule has 1 aromatic heterocycles. The van der Waals surface area contributed by atoms with Gasteiger partial charge >= 0.3 is 0 Å². The summed E-state index contributed by atoms with van der Waals surface area (Å²) in [7, 11) is -0.180. The van der Waals surface area contributed by atoms with E-state index in [1.165, 1.54) is 7.05 Å². The molecule has 26 heavy (non-hydrogen) atoms. The van der Waals surface area contributed by atoms with Gasteiger partial charge in [-0.3, -0.25) is 14.3 Å². The maximum Gasteiger partial charge on any atom is 0.272 e. The van der Waals surface area contributed by atoms with Crippen LogP contribution in [0.4, 0.5) is 0 Å². The van der Waals surface area contributed by atoms with Crippen molar-refractivity contribution in [1.29, 1.82) is 0 Å². The SMILES string of the molecule is CNS(=O)(=O)CCNC(=O)C1CCC(NC(=O)c2cc(C)n(C)n2)CC1. The van der Waals surface area contributed by atoms with Crippen molar-refractivity contribution in [1.82, 2.24) is 25.1 Å². The number of nitrogens with zero attached hydrogens (tertiary/aromatic N) is 2. The molecule has 1 aliphatic carbocycles. The van der Waals surface area contributed by atoms with E-state index in [4.69, 9.17) is 0 Å². The molecule has 0 radical (unpaired) electrons. The summed E-state index contributed by atoms with van der Waals surface area (Å²) in [6.07, 6.45) is 2.75. The Labute approximate surface area is 154 Å². The Morgan fingerprint density at radius 2 is 1.92 bits per heavy atom. The number of aromatic nitrogens is 2. The van der Waals surface area contributed by atoms with Crippen molar-refractivity contribution in [3.05, 3.63) is 17.5 Å². The lowest BCUT2D eigenvalue weighted by molar-refractivity contribution is -0.125. The molecule has 0 aliphatic heterocycles. The smallest absolute Gasteiger partial charge is 0.272 e. The highest BCUT2D eigenvalue weighted by molar-refractivity contribution is 7.89. The topological polar surface area (TPSA) is 122 Å². The highest BCUT2D eigenvalue weighted by Gasteiger charge is 2.27. The number of amides is 2. The molecule has 9 nitrogen and oxygen atoms in total. The van der Waals surface area contributed by atoms with Gasteiger partial charge in [0, 0.05) is 31.2 Å². The van der Waals surface area contributed by atoms with Gasteiger partial charge in [0.15, 0.2) is 0 Å². The van der Waals surface area contributed by atoms with Crippen LogP contribution in [0.3, 0.4) is 0 Å². The van der Waals surface area contributed by atoms with E-state index in [1.54, 1.807) is 17.8 Å². The number of hydrogen-bond acceptors (Lipinski definition) is 5. The molecular formula is C16H27N5O4S. The van der Waals surface area contributed by atoms with Gasteiger partial charge in [0.25, 0.3) is 5.91 Å². The maximum atomic E-state index is 12.2. The predicted octanol–water partition coefficient (Wildman–Crippen LogP) is -0.317. The molecular weight excluding hydrogens is 358 g/mol. The van der Waals surface area contributed by atoms with E-state index in [-0.39, 0.29) is 36.1 Å². The summed E-state index contributed by atoms with van der Waals surface area (Å²) in [6.45, 7) is 1.98. The zero-order valence-corrected chi connectivity index (χ0v) is 16.2. The van der Waals surface area contributed by atoms with Crippen molar-refractivity contribution >= 4 is 21.8 Å². The average molecular weight is 385 g/mol. The van der Waals surface area contributed by atoms with Gasteiger partial charge in [0.2, 0.25) is 15.9 Å². The Bertz CT molecular complexity index is 731. The lowest BCUT2D eigenvalue weighted by Crippen LogP contribution is -2.42. The van der Waals surface area contributed by atoms with Gasteiger partial charge in [0.05, 0.1) is 5.75 Å². The molecule has 1 aliphatic rings. The second-order valence-electron chi connectivity index (χ2n) is 6.63. The Morgan fingerprint density at radius 1 is 1.27 bits per heavy atom. The van der Waals surface area contributed by atoms with Gasteiger partial charge < -0.3 is 10.6 Å². The Morgan fingerprint density at radius 3 is 2.46 bits per heavy atom. The zero-order chi connectivity index (χ0) is 19.3. The minimum atomic E-state index is -3.32. The van der Waals surface area contributed by atoms with Gasteiger partial charge in [0.1, 0.15) is 5.69 Å². The van der Waals surface area contributed by atoms with E-state index in [0.29, 0.717) is 31.4 Å². The van der Waals surface area contributed by atoms with Crippen molar-refractivity contribution < 1.29 is 18.0 Å². The molecule has 1 aromatic rings. The first-order valence-electron chi connectivity index (χ1n) is 8.72. The normalized spacial score (nSPS) is 20.6. The minimum absolute atomic E-state index is 0.0264. The third-order valence-corrected chi connectivity index (χ3v) is 6.12. The van der Waals surface area contributed by atoms with Crippen LogP contribution in [0, 0.1) is 12.8 Å². The van der Waals surface area contributed by atoms with Crippen molar-refractivity contribution in [3.63, 3.8) is 0 Å². The minimum Gasteiger partial charge on any atom is -0.355 e. The van der Waals surface area contributed by atoms with Gasteiger partial charge in [-0.05, 0) is 45.7 Å².